The summed E-state index contributed by atoms with van der Waals surface area (Å²) >= 11 is 1.19. The Hall–Kier alpha value is -4.31. The molecule has 0 saturated heterocycles. The Labute approximate surface area is 213 Å². The fourth-order valence-corrected chi connectivity index (χ4v) is 4.60. The average molecular weight is 498 g/mol. The zero-order chi connectivity index (χ0) is 25.3. The van der Waals surface area contributed by atoms with E-state index in [1.807, 2.05) is 48.5 Å². The van der Waals surface area contributed by atoms with Gasteiger partial charge in [0.25, 0.3) is 0 Å². The molecule has 3 aromatic carbocycles. The maximum atomic E-state index is 5.53. The van der Waals surface area contributed by atoms with Crippen molar-refractivity contribution >= 4 is 45.2 Å². The number of imidazole rings is 1. The first kappa shape index (κ1) is 23.4. The number of nitrogens with two attached hydrogens (primary N) is 1. The molecule has 0 amide bonds. The standard InChI is InChI=1S/C26H27N9S/c1-16(35(34-33-27)20-9-6-18(7-10-20)26(2,3)4)25(17-5-11-22-24(13-17)32-36-31-22)30-19-8-12-21-23(14-19)29-15-28-21/h5-15,25,30H,1H2,2-4H3,(H2,27,34)(H,28,29). The minimum absolute atomic E-state index is 0.0299. The highest BCUT2D eigenvalue weighted by atomic mass is 32.1. The molecule has 0 aliphatic heterocycles. The van der Waals surface area contributed by atoms with E-state index in [0.717, 1.165) is 39.0 Å². The van der Waals surface area contributed by atoms with Crippen molar-refractivity contribution in [2.45, 2.75) is 32.2 Å². The van der Waals surface area contributed by atoms with Crippen LogP contribution >= 0.6 is 11.7 Å². The third-order valence-corrected chi connectivity index (χ3v) is 6.62. The van der Waals surface area contributed by atoms with Crippen molar-refractivity contribution in [1.82, 2.24) is 18.7 Å². The zero-order valence-electron chi connectivity index (χ0n) is 20.3. The van der Waals surface area contributed by atoms with Gasteiger partial charge in [-0.25, -0.2) is 9.99 Å². The van der Waals surface area contributed by atoms with Crippen LogP contribution in [0.15, 0.2) is 89.7 Å². The van der Waals surface area contributed by atoms with Gasteiger partial charge in [0.1, 0.15) is 11.0 Å². The minimum atomic E-state index is -0.371. The number of rotatable bonds is 7. The molecule has 36 heavy (non-hydrogen) atoms. The van der Waals surface area contributed by atoms with Gasteiger partial charge in [-0.05, 0) is 64.2 Å². The first-order chi connectivity index (χ1) is 17.3. The van der Waals surface area contributed by atoms with Crippen LogP contribution in [0, 0.1) is 0 Å². The van der Waals surface area contributed by atoms with Crippen molar-refractivity contribution in [1.29, 1.82) is 0 Å². The summed E-state index contributed by atoms with van der Waals surface area (Å²) in [5.74, 6) is 5.53. The van der Waals surface area contributed by atoms with Crippen LogP contribution in [-0.4, -0.2) is 18.7 Å². The lowest BCUT2D eigenvalue weighted by Gasteiger charge is -2.29. The molecule has 182 valence electrons. The van der Waals surface area contributed by atoms with Crippen molar-refractivity contribution in [2.24, 2.45) is 16.3 Å². The molecule has 0 saturated carbocycles. The van der Waals surface area contributed by atoms with Crippen LogP contribution < -0.4 is 16.2 Å². The monoisotopic (exact) mass is 497 g/mol. The Kier molecular flexibility index (Phi) is 6.11. The van der Waals surface area contributed by atoms with E-state index < -0.39 is 0 Å². The molecule has 1 unspecified atom stereocenters. The number of hydrogen-bond donors (Lipinski definition) is 3. The maximum Gasteiger partial charge on any atom is 0.105 e. The van der Waals surface area contributed by atoms with Gasteiger partial charge in [-0.1, -0.05) is 50.8 Å². The number of nitrogens with zero attached hydrogens (tertiary/aromatic N) is 6. The second-order valence-corrected chi connectivity index (χ2v) is 10.1. The Bertz CT molecular complexity index is 1540. The number of anilines is 2. The van der Waals surface area contributed by atoms with Gasteiger partial charge in [-0.15, -0.1) is 0 Å². The fourth-order valence-electron chi connectivity index (χ4n) is 4.08. The Morgan fingerprint density at radius 1 is 1.03 bits per heavy atom. The van der Waals surface area contributed by atoms with Crippen molar-refractivity contribution in [2.75, 3.05) is 10.3 Å². The molecule has 5 aromatic rings. The van der Waals surface area contributed by atoms with Gasteiger partial charge < -0.3 is 16.1 Å². The Morgan fingerprint density at radius 3 is 2.53 bits per heavy atom. The van der Waals surface area contributed by atoms with E-state index in [0.29, 0.717) is 5.70 Å². The number of H-pyrrole nitrogens is 1. The fraction of sp³-hybridized carbons (Fsp3) is 0.192. The normalized spacial score (nSPS) is 12.9. The van der Waals surface area contributed by atoms with Crippen molar-refractivity contribution in [3.8, 4) is 0 Å². The molecule has 0 aliphatic rings. The first-order valence-corrected chi connectivity index (χ1v) is 12.2. The lowest BCUT2D eigenvalue weighted by molar-refractivity contribution is 0.590. The first-order valence-electron chi connectivity index (χ1n) is 11.5. The largest absolute Gasteiger partial charge is 0.373 e. The van der Waals surface area contributed by atoms with Crippen LogP contribution in [-0.2, 0) is 5.41 Å². The molecule has 0 aliphatic carbocycles. The summed E-state index contributed by atoms with van der Waals surface area (Å²) in [4.78, 5) is 7.47. The summed E-state index contributed by atoms with van der Waals surface area (Å²) in [7, 11) is 0. The van der Waals surface area contributed by atoms with E-state index in [1.54, 1.807) is 11.3 Å². The molecular formula is C26H27N9S. The molecule has 0 fully saturated rings. The topological polar surface area (TPSA) is 120 Å². The molecule has 10 heteroatoms. The van der Waals surface area contributed by atoms with Gasteiger partial charge in [0.2, 0.25) is 0 Å². The number of aromatic nitrogens is 4. The van der Waals surface area contributed by atoms with Crippen LogP contribution in [0.5, 0.6) is 0 Å². The molecular weight excluding hydrogens is 470 g/mol. The predicted molar refractivity (Wildman–Crippen MR) is 146 cm³/mol. The third-order valence-electron chi connectivity index (χ3n) is 6.07. The Morgan fingerprint density at radius 2 is 1.78 bits per heavy atom. The highest BCUT2D eigenvalue weighted by Gasteiger charge is 2.24. The number of aromatic amines is 1. The second kappa shape index (κ2) is 9.38. The highest BCUT2D eigenvalue weighted by molar-refractivity contribution is 7.00. The molecule has 5 rings (SSSR count). The number of fused-ring (bicyclic) bond motifs is 2. The van der Waals surface area contributed by atoms with Gasteiger partial charge in [-0.3, -0.25) is 0 Å². The third kappa shape index (κ3) is 4.63. The molecule has 0 radical (unpaired) electrons. The van der Waals surface area contributed by atoms with E-state index in [1.165, 1.54) is 17.3 Å². The lowest BCUT2D eigenvalue weighted by atomic mass is 9.87. The Balaban J connectivity index is 1.55. The molecule has 4 N–H and O–H groups in total. The summed E-state index contributed by atoms with van der Waals surface area (Å²) in [6.07, 6.45) is 1.68. The summed E-state index contributed by atoms with van der Waals surface area (Å²) in [5.41, 5.74) is 8.02. The SMILES string of the molecule is C=C(C(Nc1ccc2nc[nH]c2c1)c1ccc2nsnc2c1)N(/N=N\N)c1ccc(C(C)(C)C)cc1. The number of nitrogens with one attached hydrogen (secondary N) is 2. The summed E-state index contributed by atoms with van der Waals surface area (Å²) in [6.45, 7) is 11.0. The van der Waals surface area contributed by atoms with E-state index in [4.69, 9.17) is 5.84 Å². The molecule has 2 aromatic heterocycles. The van der Waals surface area contributed by atoms with Crippen LogP contribution in [0.1, 0.15) is 37.9 Å². The molecule has 1 atom stereocenters. The molecule has 2 heterocycles. The number of benzene rings is 3. The van der Waals surface area contributed by atoms with E-state index in [9.17, 15) is 0 Å². The van der Waals surface area contributed by atoms with E-state index >= 15 is 0 Å². The van der Waals surface area contributed by atoms with Gasteiger partial charge in [0, 0.05) is 5.69 Å². The van der Waals surface area contributed by atoms with Crippen molar-refractivity contribution < 1.29 is 0 Å². The molecule has 9 nitrogen and oxygen atoms in total. The molecule has 0 bridgehead atoms. The average Bonchev–Trinajstić information content (AvgIpc) is 3.53. The van der Waals surface area contributed by atoms with Gasteiger partial charge in [-0.2, -0.15) is 8.75 Å². The van der Waals surface area contributed by atoms with Crippen LogP contribution in [0.4, 0.5) is 11.4 Å². The van der Waals surface area contributed by atoms with E-state index in [2.05, 4.69) is 74.0 Å². The van der Waals surface area contributed by atoms with Gasteiger partial charge in [0.15, 0.2) is 0 Å². The highest BCUT2D eigenvalue weighted by Crippen LogP contribution is 2.34. The quantitative estimate of drug-likeness (QED) is 0.138. The minimum Gasteiger partial charge on any atom is -0.373 e. The summed E-state index contributed by atoms with van der Waals surface area (Å²) in [5, 5.41) is 13.1. The van der Waals surface area contributed by atoms with E-state index in [-0.39, 0.29) is 11.5 Å². The zero-order valence-corrected chi connectivity index (χ0v) is 21.1. The van der Waals surface area contributed by atoms with Crippen LogP contribution in [0.3, 0.4) is 0 Å². The number of hydrogen-bond acceptors (Lipinski definition) is 7. The van der Waals surface area contributed by atoms with Crippen LogP contribution in [0.2, 0.25) is 0 Å². The van der Waals surface area contributed by atoms with Gasteiger partial charge in [0.05, 0.1) is 46.5 Å². The summed E-state index contributed by atoms with van der Waals surface area (Å²) < 4.78 is 8.75. The van der Waals surface area contributed by atoms with Crippen LogP contribution in [0.25, 0.3) is 22.1 Å². The lowest BCUT2D eigenvalue weighted by Crippen LogP contribution is -2.25. The second-order valence-electron chi connectivity index (χ2n) is 9.53. The van der Waals surface area contributed by atoms with Gasteiger partial charge >= 0.3 is 0 Å². The molecule has 0 spiro atoms. The summed E-state index contributed by atoms with van der Waals surface area (Å²) in [6, 6.07) is 19.8. The predicted octanol–water partition coefficient (Wildman–Crippen LogP) is 6.28. The maximum absolute atomic E-state index is 5.53. The van der Waals surface area contributed by atoms with Crippen molar-refractivity contribution in [3.05, 3.63) is 90.4 Å². The van der Waals surface area contributed by atoms with Crippen molar-refractivity contribution in [3.63, 3.8) is 0 Å². The smallest absolute Gasteiger partial charge is 0.105 e.